The normalized spacial score (nSPS) is 12.8. The number of rotatable bonds is 5. The number of halogens is 1. The molecule has 0 amide bonds. The zero-order valence-electron chi connectivity index (χ0n) is 11.7. The highest BCUT2D eigenvalue weighted by Gasteiger charge is 2.00. The number of nitrogens with one attached hydrogen (secondary N) is 1. The standard InChI is InChI=1S/C17H20ClN/c1-13(8-7-11-18)12-15(3)16(4)19-17-10-6-5-9-14(17)2/h5-12,19H,4H2,1-3H3/b11-7+,13-8-,15-12+. The van der Waals surface area contributed by atoms with E-state index in [9.17, 15) is 0 Å². The summed E-state index contributed by atoms with van der Waals surface area (Å²) in [5.41, 5.74) is 6.91. The third-order valence-corrected chi connectivity index (χ3v) is 2.93. The predicted octanol–water partition coefficient (Wildman–Crippen LogP) is 5.57. The Hall–Kier alpha value is -1.73. The Morgan fingerprint density at radius 3 is 2.58 bits per heavy atom. The number of benzene rings is 1. The zero-order chi connectivity index (χ0) is 14.3. The molecule has 0 unspecified atom stereocenters. The van der Waals surface area contributed by atoms with Crippen molar-refractivity contribution in [3.8, 4) is 0 Å². The summed E-state index contributed by atoms with van der Waals surface area (Å²) >= 11 is 5.49. The van der Waals surface area contributed by atoms with E-state index < -0.39 is 0 Å². The molecule has 1 aromatic carbocycles. The minimum Gasteiger partial charge on any atom is -0.356 e. The van der Waals surface area contributed by atoms with Crippen LogP contribution in [0, 0.1) is 6.92 Å². The highest BCUT2D eigenvalue weighted by atomic mass is 35.5. The second-order valence-electron chi connectivity index (χ2n) is 4.47. The molecule has 0 atom stereocenters. The fourth-order valence-corrected chi connectivity index (χ4v) is 1.71. The maximum atomic E-state index is 5.49. The Balaban J connectivity index is 2.79. The summed E-state index contributed by atoms with van der Waals surface area (Å²) in [4.78, 5) is 0. The summed E-state index contributed by atoms with van der Waals surface area (Å²) in [6.07, 6.45) is 5.83. The largest absolute Gasteiger partial charge is 0.356 e. The first-order chi connectivity index (χ1) is 9.04. The van der Waals surface area contributed by atoms with Gasteiger partial charge in [0.05, 0.1) is 0 Å². The minimum atomic E-state index is 0.900. The Morgan fingerprint density at radius 2 is 1.95 bits per heavy atom. The van der Waals surface area contributed by atoms with Gasteiger partial charge < -0.3 is 5.32 Å². The molecule has 0 aromatic heterocycles. The molecule has 0 aliphatic carbocycles. The molecule has 0 bridgehead atoms. The van der Waals surface area contributed by atoms with Crippen LogP contribution in [0.4, 0.5) is 5.69 Å². The second-order valence-corrected chi connectivity index (χ2v) is 4.73. The number of anilines is 1. The van der Waals surface area contributed by atoms with Crippen molar-refractivity contribution in [1.29, 1.82) is 0 Å². The number of allylic oxidation sites excluding steroid dienone is 5. The summed E-state index contributed by atoms with van der Waals surface area (Å²) in [5.74, 6) is 0. The van der Waals surface area contributed by atoms with Crippen LogP contribution in [0.15, 0.2) is 71.5 Å². The van der Waals surface area contributed by atoms with Crippen molar-refractivity contribution < 1.29 is 0 Å². The molecule has 1 N–H and O–H groups in total. The minimum absolute atomic E-state index is 0.900. The SMILES string of the molecule is C=C(Nc1ccccc1C)/C(C)=C/C(C)=C\C=C\Cl. The molecule has 0 aliphatic rings. The number of hydrogen-bond donors (Lipinski definition) is 1. The lowest BCUT2D eigenvalue weighted by Gasteiger charge is -2.12. The third-order valence-electron chi connectivity index (χ3n) is 2.78. The molecular weight excluding hydrogens is 254 g/mol. The van der Waals surface area contributed by atoms with Crippen LogP contribution in [0.2, 0.25) is 0 Å². The summed E-state index contributed by atoms with van der Waals surface area (Å²) in [5, 5.41) is 3.34. The van der Waals surface area contributed by atoms with E-state index in [-0.39, 0.29) is 0 Å². The van der Waals surface area contributed by atoms with E-state index in [4.69, 9.17) is 11.6 Å². The highest BCUT2D eigenvalue weighted by molar-refractivity contribution is 6.25. The Morgan fingerprint density at radius 1 is 1.26 bits per heavy atom. The molecule has 1 aromatic rings. The van der Waals surface area contributed by atoms with Gasteiger partial charge in [0.25, 0.3) is 0 Å². The monoisotopic (exact) mass is 273 g/mol. The molecule has 0 saturated carbocycles. The molecule has 100 valence electrons. The van der Waals surface area contributed by atoms with E-state index >= 15 is 0 Å². The predicted molar refractivity (Wildman–Crippen MR) is 86.4 cm³/mol. The van der Waals surface area contributed by atoms with Gasteiger partial charge in [-0.15, -0.1) is 0 Å². The van der Waals surface area contributed by atoms with E-state index in [0.717, 1.165) is 22.5 Å². The van der Waals surface area contributed by atoms with Crippen LogP contribution < -0.4 is 5.32 Å². The van der Waals surface area contributed by atoms with Crippen molar-refractivity contribution in [3.63, 3.8) is 0 Å². The highest BCUT2D eigenvalue weighted by Crippen LogP contribution is 2.18. The molecule has 1 nitrogen and oxygen atoms in total. The summed E-state index contributed by atoms with van der Waals surface area (Å²) in [7, 11) is 0. The summed E-state index contributed by atoms with van der Waals surface area (Å²) in [6, 6.07) is 8.16. The quantitative estimate of drug-likeness (QED) is 0.692. The van der Waals surface area contributed by atoms with Gasteiger partial charge in [-0.1, -0.05) is 60.2 Å². The van der Waals surface area contributed by atoms with E-state index in [0.29, 0.717) is 0 Å². The van der Waals surface area contributed by atoms with Crippen LogP contribution in [0.25, 0.3) is 0 Å². The van der Waals surface area contributed by atoms with Crippen molar-refractivity contribution in [2.45, 2.75) is 20.8 Å². The summed E-state index contributed by atoms with van der Waals surface area (Å²) < 4.78 is 0. The van der Waals surface area contributed by atoms with Gasteiger partial charge in [0.2, 0.25) is 0 Å². The van der Waals surface area contributed by atoms with Gasteiger partial charge in [0, 0.05) is 16.9 Å². The van der Waals surface area contributed by atoms with E-state index in [1.165, 1.54) is 11.1 Å². The Labute approximate surface area is 121 Å². The number of hydrogen-bond acceptors (Lipinski definition) is 1. The second kappa shape index (κ2) is 7.65. The van der Waals surface area contributed by atoms with E-state index in [2.05, 4.69) is 31.0 Å². The topological polar surface area (TPSA) is 12.0 Å². The zero-order valence-corrected chi connectivity index (χ0v) is 12.5. The Bertz CT molecular complexity index is 536. The van der Waals surface area contributed by atoms with Crippen LogP contribution in [0.5, 0.6) is 0 Å². The molecule has 0 radical (unpaired) electrons. The lowest BCUT2D eigenvalue weighted by Crippen LogP contribution is -2.01. The Kier molecular flexibility index (Phi) is 6.17. The van der Waals surface area contributed by atoms with E-state index in [1.54, 1.807) is 6.08 Å². The average molecular weight is 274 g/mol. The van der Waals surface area contributed by atoms with Crippen molar-refractivity contribution in [1.82, 2.24) is 0 Å². The van der Waals surface area contributed by atoms with Crippen LogP contribution in [-0.4, -0.2) is 0 Å². The molecular formula is C17H20ClN. The molecule has 1 rings (SSSR count). The molecule has 19 heavy (non-hydrogen) atoms. The lowest BCUT2D eigenvalue weighted by molar-refractivity contribution is 1.31. The van der Waals surface area contributed by atoms with Crippen molar-refractivity contribution >= 4 is 17.3 Å². The molecule has 0 saturated heterocycles. The van der Waals surface area contributed by atoms with Gasteiger partial charge in [-0.3, -0.25) is 0 Å². The van der Waals surface area contributed by atoms with Gasteiger partial charge in [-0.05, 0) is 38.0 Å². The first-order valence-corrected chi connectivity index (χ1v) is 6.62. The van der Waals surface area contributed by atoms with Crippen molar-refractivity contribution in [3.05, 3.63) is 77.0 Å². The fourth-order valence-electron chi connectivity index (χ4n) is 1.64. The maximum absolute atomic E-state index is 5.49. The molecule has 0 aliphatic heterocycles. The molecule has 0 heterocycles. The summed E-state index contributed by atoms with van der Waals surface area (Å²) in [6.45, 7) is 10.2. The van der Waals surface area contributed by atoms with Crippen molar-refractivity contribution in [2.24, 2.45) is 0 Å². The van der Waals surface area contributed by atoms with E-state index in [1.807, 2.05) is 38.1 Å². The molecule has 0 spiro atoms. The van der Waals surface area contributed by atoms with Gasteiger partial charge in [-0.25, -0.2) is 0 Å². The average Bonchev–Trinajstić information content (AvgIpc) is 2.38. The lowest BCUT2D eigenvalue weighted by atomic mass is 10.1. The molecule has 2 heteroatoms. The fraction of sp³-hybridized carbons (Fsp3) is 0.176. The van der Waals surface area contributed by atoms with Crippen LogP contribution >= 0.6 is 11.6 Å². The number of aryl methyl sites for hydroxylation is 1. The van der Waals surface area contributed by atoms with Crippen LogP contribution in [0.1, 0.15) is 19.4 Å². The number of para-hydroxylation sites is 1. The van der Waals surface area contributed by atoms with Gasteiger partial charge in [0.1, 0.15) is 0 Å². The smallest absolute Gasteiger partial charge is 0.0413 e. The maximum Gasteiger partial charge on any atom is 0.0413 e. The third kappa shape index (κ3) is 5.19. The first kappa shape index (κ1) is 15.3. The van der Waals surface area contributed by atoms with Crippen LogP contribution in [0.3, 0.4) is 0 Å². The van der Waals surface area contributed by atoms with Gasteiger partial charge in [-0.2, -0.15) is 0 Å². The van der Waals surface area contributed by atoms with Gasteiger partial charge in [0.15, 0.2) is 0 Å². The van der Waals surface area contributed by atoms with Crippen LogP contribution in [-0.2, 0) is 0 Å². The first-order valence-electron chi connectivity index (χ1n) is 6.18. The van der Waals surface area contributed by atoms with Gasteiger partial charge >= 0.3 is 0 Å². The molecule has 0 fully saturated rings. The van der Waals surface area contributed by atoms with Crippen molar-refractivity contribution in [2.75, 3.05) is 5.32 Å².